The molecule has 1 aromatic heterocycles. The van der Waals surface area contributed by atoms with Gasteiger partial charge in [-0.1, -0.05) is 56.6 Å². The molecule has 220 valence electrons. The molecule has 6 rings (SSSR count). The van der Waals surface area contributed by atoms with Crippen LogP contribution in [0.5, 0.6) is 5.75 Å². The Morgan fingerprint density at radius 1 is 1.14 bits per heavy atom. The molecule has 2 aliphatic heterocycles. The average molecular weight is 588 g/mol. The second-order valence-electron chi connectivity index (χ2n) is 12.8. The van der Waals surface area contributed by atoms with E-state index in [1.54, 1.807) is 13.3 Å². The molecule has 1 fully saturated rings. The number of nitrogens with zero attached hydrogens (tertiary/aromatic N) is 3. The van der Waals surface area contributed by atoms with Crippen LogP contribution in [0.3, 0.4) is 0 Å². The minimum atomic E-state index is -0.681. The van der Waals surface area contributed by atoms with Crippen molar-refractivity contribution in [2.45, 2.75) is 58.5 Å². The number of fused-ring (bicyclic) bond motifs is 4. The molecule has 4 aromatic rings. The molecule has 2 N–H and O–H groups in total. The lowest BCUT2D eigenvalue weighted by Gasteiger charge is -2.35. The van der Waals surface area contributed by atoms with Gasteiger partial charge in [0.1, 0.15) is 11.8 Å². The molecule has 0 bridgehead atoms. The van der Waals surface area contributed by atoms with Gasteiger partial charge in [-0.15, -0.1) is 0 Å². The molecule has 42 heavy (non-hydrogen) atoms. The number of hydrogen-bond donors (Lipinski definition) is 2. The third-order valence-electron chi connectivity index (χ3n) is 8.56. The van der Waals surface area contributed by atoms with Crippen molar-refractivity contribution in [3.05, 3.63) is 70.4 Å². The van der Waals surface area contributed by atoms with Gasteiger partial charge in [0.2, 0.25) is 5.91 Å². The summed E-state index contributed by atoms with van der Waals surface area (Å²) in [5, 5.41) is 14.1. The van der Waals surface area contributed by atoms with Gasteiger partial charge in [-0.3, -0.25) is 9.89 Å². The number of halogens is 1. The summed E-state index contributed by atoms with van der Waals surface area (Å²) in [6.07, 6.45) is 3.81. The van der Waals surface area contributed by atoms with E-state index in [2.05, 4.69) is 60.6 Å². The number of likely N-dealkylation sites (tertiary alicyclic amines) is 1. The van der Waals surface area contributed by atoms with Crippen LogP contribution in [0.4, 0.5) is 4.79 Å². The minimum Gasteiger partial charge on any atom is -0.496 e. The molecular formula is C33H38ClN5O3. The minimum absolute atomic E-state index is 0.0713. The van der Waals surface area contributed by atoms with Crippen LogP contribution in [0.1, 0.15) is 56.2 Å². The number of ether oxygens (including phenoxy) is 1. The van der Waals surface area contributed by atoms with Gasteiger partial charge in [0.25, 0.3) is 0 Å². The van der Waals surface area contributed by atoms with Crippen LogP contribution in [-0.4, -0.2) is 64.7 Å². The van der Waals surface area contributed by atoms with E-state index in [-0.39, 0.29) is 17.4 Å². The van der Waals surface area contributed by atoms with Crippen LogP contribution >= 0.6 is 11.6 Å². The molecule has 0 saturated carbocycles. The molecule has 1 saturated heterocycles. The van der Waals surface area contributed by atoms with E-state index in [4.69, 9.17) is 16.3 Å². The predicted octanol–water partition coefficient (Wildman–Crippen LogP) is 6.27. The highest BCUT2D eigenvalue weighted by Gasteiger charge is 2.35. The van der Waals surface area contributed by atoms with Gasteiger partial charge >= 0.3 is 6.03 Å². The predicted molar refractivity (Wildman–Crippen MR) is 166 cm³/mol. The van der Waals surface area contributed by atoms with Crippen molar-refractivity contribution < 1.29 is 14.3 Å². The monoisotopic (exact) mass is 587 g/mol. The molecule has 3 amide bonds. The van der Waals surface area contributed by atoms with Crippen LogP contribution in [0.2, 0.25) is 5.02 Å². The van der Waals surface area contributed by atoms with E-state index < -0.39 is 6.04 Å². The Labute approximate surface area is 251 Å². The summed E-state index contributed by atoms with van der Waals surface area (Å²) in [4.78, 5) is 31.2. The lowest BCUT2D eigenvalue weighted by Crippen LogP contribution is -2.54. The number of H-pyrrole nitrogens is 1. The summed E-state index contributed by atoms with van der Waals surface area (Å²) >= 11 is 6.59. The van der Waals surface area contributed by atoms with Crippen LogP contribution in [0.15, 0.2) is 48.7 Å². The van der Waals surface area contributed by atoms with E-state index in [1.165, 1.54) is 10.9 Å². The van der Waals surface area contributed by atoms with Crippen molar-refractivity contribution in [2.75, 3.05) is 26.7 Å². The van der Waals surface area contributed by atoms with Crippen molar-refractivity contribution in [3.63, 3.8) is 0 Å². The van der Waals surface area contributed by atoms with Crippen LogP contribution in [0, 0.1) is 5.41 Å². The Balaban J connectivity index is 1.20. The Hall–Kier alpha value is -3.78. The zero-order valence-corrected chi connectivity index (χ0v) is 25.4. The number of hydrogen-bond acceptors (Lipinski definition) is 4. The normalized spacial score (nSPS) is 18.3. The number of amides is 3. The van der Waals surface area contributed by atoms with Gasteiger partial charge < -0.3 is 19.9 Å². The first-order chi connectivity index (χ1) is 20.1. The van der Waals surface area contributed by atoms with Gasteiger partial charge in [0, 0.05) is 38.0 Å². The highest BCUT2D eigenvalue weighted by molar-refractivity contribution is 6.35. The third kappa shape index (κ3) is 5.52. The SMILES string of the molecule is COc1cc2ccccc2cc1C1CCN(C(=O)N[C@@H]2Cc3cc(Cl)c4[nH]ncc4c3CN(CC(C)(C)C)C2=O)CC1. The van der Waals surface area contributed by atoms with Crippen molar-refractivity contribution >= 4 is 45.2 Å². The fraction of sp³-hybridized carbons (Fsp3) is 0.424. The molecule has 0 spiro atoms. The molecule has 2 aliphatic rings. The van der Waals surface area contributed by atoms with Crippen LogP contribution in [0.25, 0.3) is 21.7 Å². The average Bonchev–Trinajstić information content (AvgIpc) is 3.43. The number of methoxy groups -OCH3 is 1. The largest absolute Gasteiger partial charge is 0.496 e. The maximum atomic E-state index is 13.9. The standard InChI is InChI=1S/C33H38ClN5O3/c1-33(2,3)19-39-18-26-23(14-27(34)30-25(26)17-35-37-30)15-28(31(39)40)36-32(41)38-11-9-20(10-12-38)24-13-21-7-5-6-8-22(21)16-29(24)42-4/h5-8,13-14,16-17,20,28H,9-12,15,18-19H2,1-4H3,(H,35,37)(H,36,41)/t28-/m1/s1. The van der Waals surface area contributed by atoms with Gasteiger partial charge in [-0.05, 0) is 69.8 Å². The maximum absolute atomic E-state index is 13.9. The summed E-state index contributed by atoms with van der Waals surface area (Å²) < 4.78 is 5.76. The number of nitrogens with one attached hydrogen (secondary N) is 2. The fourth-order valence-electron chi connectivity index (χ4n) is 6.53. The first-order valence-electron chi connectivity index (χ1n) is 14.7. The number of carbonyl (C=O) groups is 2. The van der Waals surface area contributed by atoms with E-state index in [0.29, 0.717) is 43.5 Å². The zero-order valence-electron chi connectivity index (χ0n) is 24.7. The Kier molecular flexibility index (Phi) is 7.51. The maximum Gasteiger partial charge on any atom is 0.318 e. The number of benzene rings is 3. The van der Waals surface area contributed by atoms with Crippen molar-refractivity contribution in [3.8, 4) is 5.75 Å². The summed E-state index contributed by atoms with van der Waals surface area (Å²) in [5.41, 5.74) is 3.84. The second kappa shape index (κ2) is 11.1. The third-order valence-corrected chi connectivity index (χ3v) is 8.86. The van der Waals surface area contributed by atoms with E-state index >= 15 is 0 Å². The topological polar surface area (TPSA) is 90.6 Å². The second-order valence-corrected chi connectivity index (χ2v) is 13.2. The van der Waals surface area contributed by atoms with E-state index in [0.717, 1.165) is 46.0 Å². The number of rotatable bonds is 4. The highest BCUT2D eigenvalue weighted by Crippen LogP contribution is 2.37. The van der Waals surface area contributed by atoms with Crippen LogP contribution in [-0.2, 0) is 17.8 Å². The van der Waals surface area contributed by atoms with E-state index in [9.17, 15) is 9.59 Å². The highest BCUT2D eigenvalue weighted by atomic mass is 35.5. The van der Waals surface area contributed by atoms with Crippen molar-refractivity contribution in [2.24, 2.45) is 5.41 Å². The van der Waals surface area contributed by atoms with E-state index in [1.807, 2.05) is 28.0 Å². The molecule has 0 aliphatic carbocycles. The lowest BCUT2D eigenvalue weighted by atomic mass is 9.87. The fourth-order valence-corrected chi connectivity index (χ4v) is 6.81. The molecule has 3 aromatic carbocycles. The molecule has 8 nitrogen and oxygen atoms in total. The van der Waals surface area contributed by atoms with Gasteiger partial charge in [-0.2, -0.15) is 5.10 Å². The summed E-state index contributed by atoms with van der Waals surface area (Å²) in [5.74, 6) is 1.11. The zero-order chi connectivity index (χ0) is 29.6. The van der Waals surface area contributed by atoms with Crippen LogP contribution < -0.4 is 10.1 Å². The number of carbonyl (C=O) groups excluding carboxylic acids is 2. The van der Waals surface area contributed by atoms with Gasteiger partial charge in [0.05, 0.1) is 23.8 Å². The molecule has 3 heterocycles. The van der Waals surface area contributed by atoms with Gasteiger partial charge in [0.15, 0.2) is 0 Å². The number of aromatic nitrogens is 2. The first kappa shape index (κ1) is 28.3. The summed E-state index contributed by atoms with van der Waals surface area (Å²) in [7, 11) is 1.71. The smallest absolute Gasteiger partial charge is 0.318 e. The summed E-state index contributed by atoms with van der Waals surface area (Å²) in [6.45, 7) is 8.58. The molecule has 9 heteroatoms. The number of urea groups is 1. The van der Waals surface area contributed by atoms with Crippen molar-refractivity contribution in [1.29, 1.82) is 0 Å². The molecule has 0 unspecified atom stereocenters. The quantitative estimate of drug-likeness (QED) is 0.295. The first-order valence-corrected chi connectivity index (χ1v) is 15.0. The molecule has 0 radical (unpaired) electrons. The van der Waals surface area contributed by atoms with Crippen molar-refractivity contribution in [1.82, 2.24) is 25.3 Å². The molecule has 1 atom stereocenters. The molecular weight excluding hydrogens is 550 g/mol. The Bertz CT molecular complexity index is 1650. The number of aromatic amines is 1. The number of piperidine rings is 1. The summed E-state index contributed by atoms with van der Waals surface area (Å²) in [6, 6.07) is 13.7. The van der Waals surface area contributed by atoms with Gasteiger partial charge in [-0.25, -0.2) is 4.79 Å². The Morgan fingerprint density at radius 2 is 1.86 bits per heavy atom. The lowest BCUT2D eigenvalue weighted by molar-refractivity contribution is -0.134. The Morgan fingerprint density at radius 3 is 2.55 bits per heavy atom.